The molecule has 2 aromatic carbocycles. The van der Waals surface area contributed by atoms with E-state index in [0.717, 1.165) is 74.2 Å². The van der Waals surface area contributed by atoms with Crippen molar-refractivity contribution < 1.29 is 19.0 Å². The molecule has 3 saturated heterocycles. The molecule has 3 aliphatic rings. The third-order valence-corrected chi connectivity index (χ3v) is 7.99. The zero-order chi connectivity index (χ0) is 24.5. The molecule has 3 fully saturated rings. The van der Waals surface area contributed by atoms with E-state index < -0.39 is 5.79 Å². The molecular formula is C29H33N3O4. The van der Waals surface area contributed by atoms with Crippen molar-refractivity contribution in [2.75, 3.05) is 51.4 Å². The predicted molar refractivity (Wildman–Crippen MR) is 139 cm³/mol. The number of hydrogen-bond acceptors (Lipinski definition) is 6. The summed E-state index contributed by atoms with van der Waals surface area (Å²) in [5.74, 6) is 0.844. The smallest absolute Gasteiger partial charge is 0.257 e. The van der Waals surface area contributed by atoms with Crippen molar-refractivity contribution in [3.63, 3.8) is 0 Å². The number of ether oxygens (including phenoxy) is 3. The second-order valence-corrected chi connectivity index (χ2v) is 9.98. The molecule has 6 rings (SSSR count). The monoisotopic (exact) mass is 487 g/mol. The number of carbonyl (C=O) groups is 1. The summed E-state index contributed by atoms with van der Waals surface area (Å²) in [6.07, 6.45) is 5.26. The highest BCUT2D eigenvalue weighted by molar-refractivity contribution is 6.07. The predicted octanol–water partition coefficient (Wildman–Crippen LogP) is 4.61. The van der Waals surface area contributed by atoms with Crippen LogP contribution in [-0.4, -0.2) is 68.1 Å². The Morgan fingerprint density at radius 2 is 1.72 bits per heavy atom. The first-order valence-corrected chi connectivity index (χ1v) is 13.0. The van der Waals surface area contributed by atoms with Crippen LogP contribution in [0.4, 0.5) is 5.69 Å². The lowest BCUT2D eigenvalue weighted by molar-refractivity contribution is -0.169. The Kier molecular flexibility index (Phi) is 6.27. The van der Waals surface area contributed by atoms with E-state index in [4.69, 9.17) is 14.2 Å². The lowest BCUT2D eigenvalue weighted by Gasteiger charge is -2.40. The van der Waals surface area contributed by atoms with Crippen LogP contribution >= 0.6 is 0 Å². The van der Waals surface area contributed by atoms with Gasteiger partial charge in [0.2, 0.25) is 0 Å². The lowest BCUT2D eigenvalue weighted by Crippen LogP contribution is -2.46. The summed E-state index contributed by atoms with van der Waals surface area (Å²) >= 11 is 0. The molecule has 3 aliphatic heterocycles. The molecule has 0 saturated carbocycles. The number of benzene rings is 2. The van der Waals surface area contributed by atoms with Gasteiger partial charge in [0.1, 0.15) is 5.75 Å². The molecule has 7 heteroatoms. The van der Waals surface area contributed by atoms with Gasteiger partial charge in [-0.3, -0.25) is 9.78 Å². The summed E-state index contributed by atoms with van der Waals surface area (Å²) in [4.78, 5) is 22.9. The third kappa shape index (κ3) is 4.31. The molecule has 1 amide bonds. The first-order valence-electron chi connectivity index (χ1n) is 13.0. The highest BCUT2D eigenvalue weighted by Crippen LogP contribution is 2.39. The molecule has 0 aliphatic carbocycles. The van der Waals surface area contributed by atoms with Crippen molar-refractivity contribution in [1.82, 2.24) is 9.88 Å². The normalized spacial score (nSPS) is 20.2. The average molecular weight is 488 g/mol. The number of hydrogen-bond donors (Lipinski definition) is 0. The number of rotatable bonds is 4. The molecule has 0 unspecified atom stereocenters. The van der Waals surface area contributed by atoms with Crippen molar-refractivity contribution in [3.8, 4) is 5.75 Å². The molecule has 4 heterocycles. The Morgan fingerprint density at radius 3 is 2.42 bits per heavy atom. The number of aromatic nitrogens is 1. The summed E-state index contributed by atoms with van der Waals surface area (Å²) in [6, 6.07) is 16.5. The molecule has 1 spiro atoms. The van der Waals surface area contributed by atoms with E-state index in [0.29, 0.717) is 24.7 Å². The number of anilines is 1. The third-order valence-electron chi connectivity index (χ3n) is 7.99. The van der Waals surface area contributed by atoms with Gasteiger partial charge in [-0.2, -0.15) is 0 Å². The van der Waals surface area contributed by atoms with Crippen LogP contribution in [0.2, 0.25) is 0 Å². The number of piperidine rings is 2. The van der Waals surface area contributed by atoms with E-state index in [-0.39, 0.29) is 5.91 Å². The average Bonchev–Trinajstić information content (AvgIpc) is 3.40. The minimum absolute atomic E-state index is 0.0578. The van der Waals surface area contributed by atoms with E-state index in [1.807, 2.05) is 23.1 Å². The zero-order valence-electron chi connectivity index (χ0n) is 20.8. The van der Waals surface area contributed by atoms with Gasteiger partial charge in [-0.05, 0) is 42.5 Å². The second-order valence-electron chi connectivity index (χ2n) is 9.98. The van der Waals surface area contributed by atoms with E-state index in [1.54, 1.807) is 13.3 Å². The Balaban J connectivity index is 1.30. The fourth-order valence-electron chi connectivity index (χ4n) is 5.95. The van der Waals surface area contributed by atoms with Gasteiger partial charge in [0.15, 0.2) is 5.79 Å². The Labute approximate surface area is 212 Å². The number of methoxy groups -OCH3 is 1. The maximum Gasteiger partial charge on any atom is 0.257 e. The number of amides is 1. The molecule has 3 aromatic rings. The van der Waals surface area contributed by atoms with E-state index >= 15 is 0 Å². The number of carbonyl (C=O) groups excluding carboxylic acids is 1. The van der Waals surface area contributed by atoms with E-state index in [9.17, 15) is 4.79 Å². The van der Waals surface area contributed by atoms with Crippen LogP contribution in [0.1, 0.15) is 47.5 Å². The van der Waals surface area contributed by atoms with E-state index in [1.165, 1.54) is 5.56 Å². The summed E-state index contributed by atoms with van der Waals surface area (Å²) < 4.78 is 17.4. The number of fused-ring (bicyclic) bond motifs is 1. The number of nitrogens with zero attached hydrogens (tertiary/aromatic N) is 3. The van der Waals surface area contributed by atoms with Crippen molar-refractivity contribution in [1.29, 1.82) is 0 Å². The molecule has 0 N–H and O–H groups in total. The fraction of sp³-hybridized carbons (Fsp3) is 0.448. The fourth-order valence-corrected chi connectivity index (χ4v) is 5.95. The molecule has 0 bridgehead atoms. The van der Waals surface area contributed by atoms with Gasteiger partial charge in [0, 0.05) is 50.6 Å². The van der Waals surface area contributed by atoms with Crippen molar-refractivity contribution in [3.05, 3.63) is 65.9 Å². The van der Waals surface area contributed by atoms with Gasteiger partial charge >= 0.3 is 0 Å². The molecule has 0 radical (unpaired) electrons. The lowest BCUT2D eigenvalue weighted by atomic mass is 9.89. The standard InChI is InChI=1S/C29H33N3O4/c1-34-23-7-8-26-24(19-23)27(31-15-11-29(12-16-31)35-17-18-36-29)25(20-30-26)28(33)32-13-9-22(10-14-32)21-5-3-2-4-6-21/h2-8,19-20,22H,9-18H2,1H3. The van der Waals surface area contributed by atoms with Gasteiger partial charge in [-0.1, -0.05) is 30.3 Å². The molecular weight excluding hydrogens is 454 g/mol. The maximum absolute atomic E-state index is 13.9. The molecule has 1 aromatic heterocycles. The second kappa shape index (κ2) is 9.71. The summed E-state index contributed by atoms with van der Waals surface area (Å²) in [6.45, 7) is 4.31. The molecule has 188 valence electrons. The van der Waals surface area contributed by atoms with Crippen molar-refractivity contribution in [2.45, 2.75) is 37.4 Å². The van der Waals surface area contributed by atoms with Crippen LogP contribution in [0.15, 0.2) is 54.7 Å². The number of likely N-dealkylation sites (tertiary alicyclic amines) is 1. The largest absolute Gasteiger partial charge is 0.497 e. The van der Waals surface area contributed by atoms with Crippen molar-refractivity contribution in [2.24, 2.45) is 0 Å². The van der Waals surface area contributed by atoms with Crippen LogP contribution in [-0.2, 0) is 9.47 Å². The Bertz CT molecular complexity index is 1220. The van der Waals surface area contributed by atoms with Crippen LogP contribution in [0.25, 0.3) is 10.9 Å². The molecule has 0 atom stereocenters. The summed E-state index contributed by atoms with van der Waals surface area (Å²) in [5, 5.41) is 0.948. The topological polar surface area (TPSA) is 64.1 Å². The van der Waals surface area contributed by atoms with Gasteiger partial charge < -0.3 is 24.0 Å². The minimum atomic E-state index is -0.472. The molecule has 7 nitrogen and oxygen atoms in total. The van der Waals surface area contributed by atoms with Gasteiger partial charge in [0.25, 0.3) is 5.91 Å². The van der Waals surface area contributed by atoms with Crippen LogP contribution < -0.4 is 9.64 Å². The summed E-state index contributed by atoms with van der Waals surface area (Å²) in [5.41, 5.74) is 3.84. The highest BCUT2D eigenvalue weighted by atomic mass is 16.7. The Hall–Kier alpha value is -3.16. The minimum Gasteiger partial charge on any atom is -0.497 e. The summed E-state index contributed by atoms with van der Waals surface area (Å²) in [7, 11) is 1.67. The van der Waals surface area contributed by atoms with Gasteiger partial charge in [-0.25, -0.2) is 0 Å². The Morgan fingerprint density at radius 1 is 1.00 bits per heavy atom. The van der Waals surface area contributed by atoms with Gasteiger partial charge in [0.05, 0.1) is 37.1 Å². The van der Waals surface area contributed by atoms with E-state index in [2.05, 4.69) is 40.2 Å². The zero-order valence-corrected chi connectivity index (χ0v) is 20.8. The highest BCUT2D eigenvalue weighted by Gasteiger charge is 2.41. The SMILES string of the molecule is COc1ccc2ncc(C(=O)N3CCC(c4ccccc4)CC3)c(N3CCC4(CC3)OCCO4)c2c1. The van der Waals surface area contributed by atoms with Gasteiger partial charge in [-0.15, -0.1) is 0 Å². The first kappa shape index (κ1) is 23.3. The quantitative estimate of drug-likeness (QED) is 0.536. The molecule has 36 heavy (non-hydrogen) atoms. The van der Waals surface area contributed by atoms with Crippen LogP contribution in [0.5, 0.6) is 5.75 Å². The van der Waals surface area contributed by atoms with Crippen LogP contribution in [0.3, 0.4) is 0 Å². The first-order chi connectivity index (χ1) is 17.7. The van der Waals surface area contributed by atoms with Crippen LogP contribution in [0, 0.1) is 0 Å². The van der Waals surface area contributed by atoms with Crippen molar-refractivity contribution >= 4 is 22.5 Å². The maximum atomic E-state index is 13.9. The number of pyridine rings is 1.